The van der Waals surface area contributed by atoms with Crippen molar-refractivity contribution in [1.82, 2.24) is 5.32 Å². The molecule has 1 heterocycles. The van der Waals surface area contributed by atoms with E-state index in [4.69, 9.17) is 0 Å². The highest BCUT2D eigenvalue weighted by atomic mass is 16.2. The summed E-state index contributed by atoms with van der Waals surface area (Å²) in [5.74, 6) is -0.760. The quantitative estimate of drug-likeness (QED) is 0.850. The van der Waals surface area contributed by atoms with E-state index < -0.39 is 11.7 Å². The van der Waals surface area contributed by atoms with Gasteiger partial charge in [-0.3, -0.25) is 19.3 Å². The summed E-state index contributed by atoms with van der Waals surface area (Å²) in [6.45, 7) is 4.31. The molecule has 1 aromatic rings. The number of amides is 2. The Labute approximate surface area is 123 Å². The molecule has 3 rings (SSSR count). The molecule has 0 saturated heterocycles. The molecule has 1 saturated carbocycles. The minimum Gasteiger partial charge on any atom is -0.354 e. The molecule has 1 aromatic carbocycles. The van der Waals surface area contributed by atoms with Gasteiger partial charge in [0.15, 0.2) is 0 Å². The van der Waals surface area contributed by atoms with Gasteiger partial charge in [-0.05, 0) is 49.8 Å². The molecule has 5 heteroatoms. The number of Topliss-reactive ketones (excluding diaryl/α,β-unsaturated/α-hetero) is 1. The monoisotopic (exact) mass is 286 g/mol. The first-order valence-corrected chi connectivity index (χ1v) is 7.21. The van der Waals surface area contributed by atoms with E-state index in [0.29, 0.717) is 23.7 Å². The maximum absolute atomic E-state index is 12.1. The number of carbonyl (C=O) groups is 3. The number of fused-ring (bicyclic) bond motifs is 1. The van der Waals surface area contributed by atoms with Gasteiger partial charge in [-0.1, -0.05) is 6.07 Å². The van der Waals surface area contributed by atoms with Crippen LogP contribution in [0, 0.1) is 19.8 Å². The van der Waals surface area contributed by atoms with Crippen molar-refractivity contribution in [2.45, 2.75) is 26.7 Å². The summed E-state index contributed by atoms with van der Waals surface area (Å²) >= 11 is 0. The second-order valence-electron chi connectivity index (χ2n) is 5.95. The summed E-state index contributed by atoms with van der Waals surface area (Å²) in [4.78, 5) is 37.4. The van der Waals surface area contributed by atoms with Crippen LogP contribution in [0.15, 0.2) is 12.1 Å². The number of ketones is 1. The molecule has 1 aliphatic heterocycles. The summed E-state index contributed by atoms with van der Waals surface area (Å²) < 4.78 is 0. The number of benzene rings is 1. The first-order chi connectivity index (χ1) is 9.97. The van der Waals surface area contributed by atoms with Crippen molar-refractivity contribution in [1.29, 1.82) is 0 Å². The van der Waals surface area contributed by atoms with Crippen LogP contribution in [0.4, 0.5) is 5.69 Å². The van der Waals surface area contributed by atoms with E-state index in [1.807, 2.05) is 19.9 Å². The molecule has 0 unspecified atom stereocenters. The molecule has 21 heavy (non-hydrogen) atoms. The number of nitrogens with one attached hydrogen (secondary N) is 1. The highest BCUT2D eigenvalue weighted by Gasteiger charge is 2.38. The molecule has 0 atom stereocenters. The van der Waals surface area contributed by atoms with Crippen LogP contribution in [-0.4, -0.2) is 30.7 Å². The molecule has 1 fully saturated rings. The highest BCUT2D eigenvalue weighted by molar-refractivity contribution is 6.52. The average molecular weight is 286 g/mol. The molecule has 5 nitrogen and oxygen atoms in total. The van der Waals surface area contributed by atoms with Gasteiger partial charge in [-0.2, -0.15) is 0 Å². The number of rotatable bonds is 4. The van der Waals surface area contributed by atoms with E-state index in [-0.39, 0.29) is 12.5 Å². The van der Waals surface area contributed by atoms with Crippen molar-refractivity contribution >= 4 is 23.3 Å². The second-order valence-corrected chi connectivity index (χ2v) is 5.95. The van der Waals surface area contributed by atoms with E-state index in [0.717, 1.165) is 24.0 Å². The number of aryl methyl sites for hydroxylation is 2. The molecule has 110 valence electrons. The van der Waals surface area contributed by atoms with Crippen molar-refractivity contribution in [2.75, 3.05) is 18.0 Å². The van der Waals surface area contributed by atoms with Crippen LogP contribution in [0.2, 0.25) is 0 Å². The van der Waals surface area contributed by atoms with Crippen molar-refractivity contribution in [3.8, 4) is 0 Å². The second kappa shape index (κ2) is 4.98. The third-order valence-corrected chi connectivity index (χ3v) is 3.99. The zero-order valence-electron chi connectivity index (χ0n) is 12.2. The molecule has 0 aromatic heterocycles. The Morgan fingerprint density at radius 2 is 2.00 bits per heavy atom. The van der Waals surface area contributed by atoms with Crippen LogP contribution in [0.5, 0.6) is 0 Å². The zero-order valence-corrected chi connectivity index (χ0v) is 12.2. The molecule has 0 bridgehead atoms. The van der Waals surface area contributed by atoms with Gasteiger partial charge in [0.2, 0.25) is 5.91 Å². The van der Waals surface area contributed by atoms with E-state index in [1.54, 1.807) is 6.07 Å². The maximum atomic E-state index is 12.1. The predicted octanol–water partition coefficient (Wildman–Crippen LogP) is 1.36. The van der Waals surface area contributed by atoms with Crippen LogP contribution in [0.1, 0.15) is 34.3 Å². The van der Waals surface area contributed by atoms with E-state index >= 15 is 0 Å². The minimum atomic E-state index is -0.611. The topological polar surface area (TPSA) is 66.5 Å². The van der Waals surface area contributed by atoms with Gasteiger partial charge < -0.3 is 5.32 Å². The van der Waals surface area contributed by atoms with Gasteiger partial charge in [-0.15, -0.1) is 0 Å². The summed E-state index contributed by atoms with van der Waals surface area (Å²) in [5, 5.41) is 2.82. The predicted molar refractivity (Wildman–Crippen MR) is 78.3 cm³/mol. The molecule has 1 aliphatic carbocycles. The van der Waals surface area contributed by atoms with Crippen LogP contribution in [0.25, 0.3) is 0 Å². The first kappa shape index (κ1) is 13.8. The van der Waals surface area contributed by atoms with Gasteiger partial charge in [0.1, 0.15) is 6.54 Å². The lowest BCUT2D eigenvalue weighted by atomic mass is 10.0. The van der Waals surface area contributed by atoms with Crippen molar-refractivity contribution in [3.63, 3.8) is 0 Å². The fourth-order valence-corrected chi connectivity index (χ4v) is 2.76. The molecular formula is C16H18N2O3. The molecule has 0 radical (unpaired) electrons. The first-order valence-electron chi connectivity index (χ1n) is 7.21. The summed E-state index contributed by atoms with van der Waals surface area (Å²) in [6.07, 6.45) is 2.31. The zero-order chi connectivity index (χ0) is 15.1. The molecule has 2 amide bonds. The van der Waals surface area contributed by atoms with Crippen LogP contribution < -0.4 is 10.2 Å². The average Bonchev–Trinajstić information content (AvgIpc) is 3.21. The molecule has 1 N–H and O–H groups in total. The van der Waals surface area contributed by atoms with Crippen LogP contribution >= 0.6 is 0 Å². The Morgan fingerprint density at radius 3 is 2.67 bits per heavy atom. The lowest BCUT2D eigenvalue weighted by Crippen LogP contribution is -2.40. The number of hydrogen-bond acceptors (Lipinski definition) is 3. The third kappa shape index (κ3) is 2.55. The minimum absolute atomic E-state index is 0.0891. The largest absolute Gasteiger partial charge is 0.354 e. The van der Waals surface area contributed by atoms with E-state index in [9.17, 15) is 14.4 Å². The molecule has 0 spiro atoms. The number of carbonyl (C=O) groups excluding carboxylic acids is 3. The Bertz CT molecular complexity index is 647. The lowest BCUT2D eigenvalue weighted by molar-refractivity contribution is -0.122. The summed E-state index contributed by atoms with van der Waals surface area (Å²) in [5.41, 5.74) is 2.77. The maximum Gasteiger partial charge on any atom is 0.299 e. The molecular weight excluding hydrogens is 268 g/mol. The van der Waals surface area contributed by atoms with E-state index in [1.165, 1.54) is 4.90 Å². The fraction of sp³-hybridized carbons (Fsp3) is 0.438. The Morgan fingerprint density at radius 1 is 1.29 bits per heavy atom. The van der Waals surface area contributed by atoms with Gasteiger partial charge in [0.05, 0.1) is 11.3 Å². The normalized spacial score (nSPS) is 17.1. The Kier molecular flexibility index (Phi) is 3.27. The molecule has 2 aliphatic rings. The number of hydrogen-bond donors (Lipinski definition) is 1. The van der Waals surface area contributed by atoms with Crippen molar-refractivity contribution < 1.29 is 14.4 Å². The van der Waals surface area contributed by atoms with E-state index in [2.05, 4.69) is 5.32 Å². The van der Waals surface area contributed by atoms with Crippen LogP contribution in [0.3, 0.4) is 0 Å². The van der Waals surface area contributed by atoms with Crippen molar-refractivity contribution in [3.05, 3.63) is 28.8 Å². The summed E-state index contributed by atoms with van der Waals surface area (Å²) in [6, 6.07) is 3.63. The van der Waals surface area contributed by atoms with Crippen molar-refractivity contribution in [2.24, 2.45) is 5.92 Å². The standard InChI is InChI=1S/C16H18N2O3/c1-9-5-10(2)14-12(6-9)15(20)16(21)18(14)8-13(19)17-7-11-3-4-11/h5-6,11H,3-4,7-8H2,1-2H3,(H,17,19). The Hall–Kier alpha value is -2.17. The number of anilines is 1. The van der Waals surface area contributed by atoms with Crippen LogP contribution in [-0.2, 0) is 9.59 Å². The fourth-order valence-electron chi connectivity index (χ4n) is 2.76. The van der Waals surface area contributed by atoms with Gasteiger partial charge >= 0.3 is 0 Å². The van der Waals surface area contributed by atoms with Gasteiger partial charge in [-0.25, -0.2) is 0 Å². The smallest absolute Gasteiger partial charge is 0.299 e. The Balaban J connectivity index is 1.81. The SMILES string of the molecule is Cc1cc(C)c2c(c1)C(=O)C(=O)N2CC(=O)NCC1CC1. The van der Waals surface area contributed by atoms with Gasteiger partial charge in [0.25, 0.3) is 11.7 Å². The number of nitrogens with zero attached hydrogens (tertiary/aromatic N) is 1. The highest BCUT2D eigenvalue weighted by Crippen LogP contribution is 2.33. The summed E-state index contributed by atoms with van der Waals surface area (Å²) in [7, 11) is 0. The van der Waals surface area contributed by atoms with Gasteiger partial charge in [0, 0.05) is 6.54 Å². The lowest BCUT2D eigenvalue weighted by Gasteiger charge is -2.18. The third-order valence-electron chi connectivity index (χ3n) is 3.99.